The molecule has 1 fully saturated rings. The zero-order valence-electron chi connectivity index (χ0n) is 15.5. The Kier molecular flexibility index (Phi) is 6.16. The number of hydrogen-bond donors (Lipinski definition) is 1. The summed E-state index contributed by atoms with van der Waals surface area (Å²) < 4.78 is 11.7. The number of oxazole rings is 1. The number of benzene rings is 1. The smallest absolute Gasteiger partial charge is 0.419 e. The zero-order valence-corrected chi connectivity index (χ0v) is 15.5. The van der Waals surface area contributed by atoms with Gasteiger partial charge in [-0.15, -0.1) is 0 Å². The number of carbonyl (C=O) groups excluding carboxylic acids is 2. The second kappa shape index (κ2) is 8.75. The van der Waals surface area contributed by atoms with Crippen molar-refractivity contribution < 1.29 is 18.7 Å². The van der Waals surface area contributed by atoms with Gasteiger partial charge in [-0.3, -0.25) is 9.36 Å². The number of alkyl carbamates (subject to hydrolysis) is 1. The molecule has 1 unspecified atom stereocenters. The summed E-state index contributed by atoms with van der Waals surface area (Å²) in [5, 5.41) is 2.80. The van der Waals surface area contributed by atoms with Crippen molar-refractivity contribution in [2.75, 3.05) is 19.7 Å². The fraction of sp³-hybridized carbons (Fsp3) is 0.526. The molecule has 1 atom stereocenters. The summed E-state index contributed by atoms with van der Waals surface area (Å²) in [5.41, 5.74) is 1.30. The molecule has 2 amide bonds. The molecule has 2 aromatic rings. The monoisotopic (exact) mass is 375 g/mol. The van der Waals surface area contributed by atoms with E-state index >= 15 is 0 Å². The minimum absolute atomic E-state index is 0.0335. The van der Waals surface area contributed by atoms with E-state index in [0.29, 0.717) is 44.7 Å². The Labute approximate surface area is 157 Å². The van der Waals surface area contributed by atoms with Crippen LogP contribution in [0.1, 0.15) is 32.6 Å². The van der Waals surface area contributed by atoms with Gasteiger partial charge in [-0.25, -0.2) is 9.59 Å². The maximum atomic E-state index is 12.5. The second-order valence-electron chi connectivity index (χ2n) is 6.63. The molecular formula is C19H25N3O5. The summed E-state index contributed by atoms with van der Waals surface area (Å²) in [4.78, 5) is 37.8. The molecule has 146 valence electrons. The lowest BCUT2D eigenvalue weighted by molar-refractivity contribution is -0.132. The number of aromatic nitrogens is 1. The Morgan fingerprint density at radius 1 is 1.33 bits per heavy atom. The highest BCUT2D eigenvalue weighted by Gasteiger charge is 2.24. The highest BCUT2D eigenvalue weighted by atomic mass is 16.5. The second-order valence-corrected chi connectivity index (χ2v) is 6.63. The van der Waals surface area contributed by atoms with Crippen LogP contribution in [0, 0.1) is 0 Å². The molecule has 0 spiro atoms. The van der Waals surface area contributed by atoms with Crippen LogP contribution in [0.15, 0.2) is 33.5 Å². The summed E-state index contributed by atoms with van der Waals surface area (Å²) in [6.45, 7) is 3.69. The fourth-order valence-electron chi connectivity index (χ4n) is 3.43. The molecule has 2 heterocycles. The van der Waals surface area contributed by atoms with Gasteiger partial charge in [-0.2, -0.15) is 0 Å². The van der Waals surface area contributed by atoms with Gasteiger partial charge in [0.2, 0.25) is 5.91 Å². The molecule has 0 saturated carbocycles. The highest BCUT2D eigenvalue weighted by molar-refractivity contribution is 5.76. The third kappa shape index (κ3) is 4.69. The fourth-order valence-corrected chi connectivity index (χ4v) is 3.43. The third-order valence-corrected chi connectivity index (χ3v) is 4.72. The summed E-state index contributed by atoms with van der Waals surface area (Å²) in [7, 11) is 0. The molecule has 0 radical (unpaired) electrons. The van der Waals surface area contributed by atoms with Crippen LogP contribution >= 0.6 is 0 Å². The number of hydrogen-bond acceptors (Lipinski definition) is 5. The normalized spacial score (nSPS) is 17.1. The van der Waals surface area contributed by atoms with E-state index in [1.165, 1.54) is 0 Å². The van der Waals surface area contributed by atoms with E-state index in [9.17, 15) is 14.4 Å². The quantitative estimate of drug-likeness (QED) is 0.835. The maximum Gasteiger partial charge on any atom is 0.419 e. The van der Waals surface area contributed by atoms with Crippen LogP contribution in [-0.4, -0.2) is 47.2 Å². The largest absolute Gasteiger partial charge is 0.450 e. The van der Waals surface area contributed by atoms with Gasteiger partial charge in [0.15, 0.2) is 5.58 Å². The number of rotatable bonds is 6. The molecule has 8 nitrogen and oxygen atoms in total. The van der Waals surface area contributed by atoms with Gasteiger partial charge >= 0.3 is 11.8 Å². The van der Waals surface area contributed by atoms with E-state index in [1.807, 2.05) is 18.2 Å². The number of ether oxygens (including phenoxy) is 1. The van der Waals surface area contributed by atoms with Crippen molar-refractivity contribution in [1.82, 2.24) is 14.8 Å². The SMILES string of the molecule is CCOC(=O)NC1CCCN(C(=O)CCCn2c(=O)oc3ccccc32)C1. The Bertz CT molecular complexity index is 856. The minimum Gasteiger partial charge on any atom is -0.450 e. The van der Waals surface area contributed by atoms with E-state index in [1.54, 1.807) is 22.5 Å². The van der Waals surface area contributed by atoms with E-state index < -0.39 is 11.8 Å². The highest BCUT2D eigenvalue weighted by Crippen LogP contribution is 2.15. The van der Waals surface area contributed by atoms with Crippen LogP contribution in [-0.2, 0) is 16.1 Å². The average molecular weight is 375 g/mol. The molecule has 0 aliphatic carbocycles. The number of amides is 2. The molecule has 8 heteroatoms. The number of nitrogens with one attached hydrogen (secondary N) is 1. The van der Waals surface area contributed by atoms with Crippen LogP contribution in [0.3, 0.4) is 0 Å². The number of likely N-dealkylation sites (tertiary alicyclic amines) is 1. The van der Waals surface area contributed by atoms with Gasteiger partial charge in [-0.05, 0) is 38.3 Å². The van der Waals surface area contributed by atoms with Crippen LogP contribution in [0.2, 0.25) is 0 Å². The molecule has 27 heavy (non-hydrogen) atoms. The van der Waals surface area contributed by atoms with Crippen molar-refractivity contribution in [2.45, 2.75) is 45.2 Å². The first-order valence-corrected chi connectivity index (χ1v) is 9.38. The topological polar surface area (TPSA) is 93.8 Å². The molecule has 1 aliphatic rings. The van der Waals surface area contributed by atoms with Gasteiger partial charge in [0.1, 0.15) is 0 Å². The maximum absolute atomic E-state index is 12.5. The van der Waals surface area contributed by atoms with Crippen molar-refractivity contribution >= 4 is 23.1 Å². The van der Waals surface area contributed by atoms with Crippen molar-refractivity contribution in [1.29, 1.82) is 0 Å². The molecule has 1 aromatic carbocycles. The number of aryl methyl sites for hydroxylation is 1. The van der Waals surface area contributed by atoms with Gasteiger partial charge in [0, 0.05) is 32.1 Å². The Hall–Kier alpha value is -2.77. The summed E-state index contributed by atoms with van der Waals surface area (Å²) in [6, 6.07) is 7.17. The number of para-hydroxylation sites is 2. The molecule has 1 aromatic heterocycles. The Morgan fingerprint density at radius 3 is 2.96 bits per heavy atom. The first-order valence-electron chi connectivity index (χ1n) is 9.38. The lowest BCUT2D eigenvalue weighted by Gasteiger charge is -2.33. The average Bonchev–Trinajstić information content (AvgIpc) is 2.97. The van der Waals surface area contributed by atoms with Crippen LogP contribution in [0.5, 0.6) is 0 Å². The van der Waals surface area contributed by atoms with Gasteiger partial charge in [-0.1, -0.05) is 12.1 Å². The predicted molar refractivity (Wildman–Crippen MR) is 99.5 cm³/mol. The summed E-state index contributed by atoms with van der Waals surface area (Å²) >= 11 is 0. The van der Waals surface area contributed by atoms with Crippen molar-refractivity contribution in [2.24, 2.45) is 0 Å². The number of fused-ring (bicyclic) bond motifs is 1. The van der Waals surface area contributed by atoms with Crippen LogP contribution in [0.4, 0.5) is 4.79 Å². The van der Waals surface area contributed by atoms with Crippen LogP contribution in [0.25, 0.3) is 11.1 Å². The molecule has 0 bridgehead atoms. The van der Waals surface area contributed by atoms with Gasteiger partial charge in [0.25, 0.3) is 0 Å². The molecule has 3 rings (SSSR count). The van der Waals surface area contributed by atoms with E-state index in [4.69, 9.17) is 9.15 Å². The molecule has 1 N–H and O–H groups in total. The zero-order chi connectivity index (χ0) is 19.2. The molecular weight excluding hydrogens is 350 g/mol. The lowest BCUT2D eigenvalue weighted by atomic mass is 10.1. The number of piperidine rings is 1. The Morgan fingerprint density at radius 2 is 2.15 bits per heavy atom. The number of carbonyl (C=O) groups is 2. The van der Waals surface area contributed by atoms with Crippen LogP contribution < -0.4 is 11.1 Å². The van der Waals surface area contributed by atoms with Crippen molar-refractivity contribution in [3.05, 3.63) is 34.8 Å². The first-order chi connectivity index (χ1) is 13.1. The van der Waals surface area contributed by atoms with Gasteiger partial charge in [0.05, 0.1) is 12.1 Å². The number of nitrogens with zero attached hydrogens (tertiary/aromatic N) is 2. The van der Waals surface area contributed by atoms with Crippen molar-refractivity contribution in [3.63, 3.8) is 0 Å². The minimum atomic E-state index is -0.442. The predicted octanol–water partition coefficient (Wildman–Crippen LogP) is 2.11. The van der Waals surface area contributed by atoms with Gasteiger partial charge < -0.3 is 19.4 Å². The lowest BCUT2D eigenvalue weighted by Crippen LogP contribution is -2.49. The van der Waals surface area contributed by atoms with E-state index in [2.05, 4.69) is 5.32 Å². The summed E-state index contributed by atoms with van der Waals surface area (Å²) in [5.74, 6) is -0.369. The van der Waals surface area contributed by atoms with E-state index in [0.717, 1.165) is 18.4 Å². The molecule has 1 aliphatic heterocycles. The summed E-state index contributed by atoms with van der Waals surface area (Å²) in [6.07, 6.45) is 2.13. The standard InChI is InChI=1S/C19H25N3O5/c1-2-26-18(24)20-14-7-5-11-21(13-14)17(23)10-6-12-22-15-8-3-4-9-16(15)27-19(22)25/h3-4,8-9,14H,2,5-7,10-13H2,1H3,(H,20,24). The Balaban J connectivity index is 1.51. The third-order valence-electron chi connectivity index (χ3n) is 4.72. The van der Waals surface area contributed by atoms with Crippen molar-refractivity contribution in [3.8, 4) is 0 Å². The van der Waals surface area contributed by atoms with E-state index in [-0.39, 0.29) is 11.9 Å². The first kappa shape index (κ1) is 19.0. The molecule has 1 saturated heterocycles.